The first-order chi connectivity index (χ1) is 12.1. The van der Waals surface area contributed by atoms with Crippen LogP contribution < -0.4 is 0 Å². The average molecular weight is 357 g/mol. The van der Waals surface area contributed by atoms with Crippen molar-refractivity contribution in [1.82, 2.24) is 4.57 Å². The van der Waals surface area contributed by atoms with Crippen LogP contribution in [0.2, 0.25) is 0 Å². The van der Waals surface area contributed by atoms with Gasteiger partial charge in [0.25, 0.3) is 0 Å². The normalized spacial score (nSPS) is 12.0. The molecule has 0 aliphatic heterocycles. The summed E-state index contributed by atoms with van der Waals surface area (Å²) in [4.78, 5) is 0. The molecule has 3 aromatic rings. The van der Waals surface area contributed by atoms with E-state index in [1.807, 2.05) is 38.2 Å². The molecule has 0 N–H and O–H groups in total. The van der Waals surface area contributed by atoms with Crippen LogP contribution in [-0.4, -0.2) is 17.8 Å². The zero-order chi connectivity index (χ0) is 17.9. The van der Waals surface area contributed by atoms with E-state index < -0.39 is 7.60 Å². The fourth-order valence-corrected chi connectivity index (χ4v) is 4.78. The lowest BCUT2D eigenvalue weighted by Crippen LogP contribution is -1.99. The molecule has 0 aliphatic rings. The minimum Gasteiger partial charge on any atom is -0.316 e. The Balaban J connectivity index is 2.12. The van der Waals surface area contributed by atoms with Crippen LogP contribution in [-0.2, 0) is 19.8 Å². The molecule has 0 fully saturated rings. The maximum Gasteiger partial charge on any atom is 0.335 e. The second-order valence-corrected chi connectivity index (χ2v) is 8.04. The Morgan fingerprint density at radius 3 is 2.32 bits per heavy atom. The Morgan fingerprint density at radius 1 is 1.00 bits per heavy atom. The third-order valence-electron chi connectivity index (χ3n) is 4.09. The highest BCUT2D eigenvalue weighted by molar-refractivity contribution is 7.53. The zero-order valence-electron chi connectivity index (χ0n) is 14.9. The van der Waals surface area contributed by atoms with E-state index in [0.29, 0.717) is 13.2 Å². The van der Waals surface area contributed by atoms with Crippen LogP contribution in [0.5, 0.6) is 0 Å². The quantitative estimate of drug-likeness (QED) is 0.509. The minimum absolute atomic E-state index is 0.272. The predicted octanol–water partition coefficient (Wildman–Crippen LogP) is 5.71. The Kier molecular flexibility index (Phi) is 5.43. The molecular weight excluding hydrogens is 333 g/mol. The molecule has 3 rings (SSSR count). The van der Waals surface area contributed by atoms with Gasteiger partial charge in [-0.1, -0.05) is 29.8 Å². The van der Waals surface area contributed by atoms with Gasteiger partial charge in [0.05, 0.1) is 24.9 Å². The van der Waals surface area contributed by atoms with Crippen LogP contribution >= 0.6 is 7.60 Å². The van der Waals surface area contributed by atoms with Gasteiger partial charge in [-0.3, -0.25) is 4.57 Å². The molecule has 0 aliphatic carbocycles. The third-order valence-corrected chi connectivity index (χ3v) is 6.12. The third kappa shape index (κ3) is 3.87. The molecule has 0 unspecified atom stereocenters. The average Bonchev–Trinajstić information content (AvgIpc) is 2.93. The lowest BCUT2D eigenvalue weighted by molar-refractivity contribution is 0.219. The Hall–Kier alpha value is -1.87. The summed E-state index contributed by atoms with van der Waals surface area (Å²) in [5.74, 6) is 0. The van der Waals surface area contributed by atoms with E-state index in [1.165, 1.54) is 5.56 Å². The summed E-state index contributed by atoms with van der Waals surface area (Å²) in [6.45, 7) is 6.47. The molecule has 4 nitrogen and oxygen atoms in total. The van der Waals surface area contributed by atoms with E-state index in [4.69, 9.17) is 9.05 Å². The van der Waals surface area contributed by atoms with Gasteiger partial charge < -0.3 is 13.6 Å². The van der Waals surface area contributed by atoms with Gasteiger partial charge in [0.2, 0.25) is 0 Å². The highest BCUT2D eigenvalue weighted by Gasteiger charge is 2.26. The van der Waals surface area contributed by atoms with Crippen LogP contribution in [0.3, 0.4) is 0 Å². The Morgan fingerprint density at radius 2 is 1.68 bits per heavy atom. The van der Waals surface area contributed by atoms with E-state index in [0.717, 1.165) is 22.2 Å². The number of rotatable bonds is 7. The maximum atomic E-state index is 13.0. The molecule has 2 aromatic carbocycles. The van der Waals surface area contributed by atoms with Crippen molar-refractivity contribution in [2.75, 3.05) is 13.2 Å². The van der Waals surface area contributed by atoms with Crippen LogP contribution in [0.4, 0.5) is 0 Å². The largest absolute Gasteiger partial charge is 0.335 e. The van der Waals surface area contributed by atoms with Crippen LogP contribution in [0.25, 0.3) is 16.6 Å². The van der Waals surface area contributed by atoms with Crippen LogP contribution in [0.15, 0.2) is 54.7 Å². The number of hydrogen-bond donors (Lipinski definition) is 0. The summed E-state index contributed by atoms with van der Waals surface area (Å²) < 4.78 is 26.1. The number of benzene rings is 2. The first kappa shape index (κ1) is 17.9. The van der Waals surface area contributed by atoms with Gasteiger partial charge in [0.15, 0.2) is 0 Å². The Labute approximate surface area is 148 Å². The van der Waals surface area contributed by atoms with Crippen molar-refractivity contribution < 1.29 is 13.6 Å². The number of nitrogens with zero attached hydrogens (tertiary/aromatic N) is 1. The van der Waals surface area contributed by atoms with Gasteiger partial charge in [-0.05, 0) is 50.6 Å². The molecule has 1 aromatic heterocycles. The fraction of sp³-hybridized carbons (Fsp3) is 0.300. The first-order valence-corrected chi connectivity index (χ1v) is 10.3. The minimum atomic E-state index is -3.15. The van der Waals surface area contributed by atoms with Gasteiger partial charge in [0.1, 0.15) is 0 Å². The molecule has 5 heteroatoms. The van der Waals surface area contributed by atoms with Gasteiger partial charge >= 0.3 is 7.60 Å². The van der Waals surface area contributed by atoms with E-state index in [1.54, 1.807) is 0 Å². The molecule has 132 valence electrons. The summed E-state index contributed by atoms with van der Waals surface area (Å²) in [7, 11) is -3.15. The fourth-order valence-electron chi connectivity index (χ4n) is 3.07. The lowest BCUT2D eigenvalue weighted by atomic mass is 10.1. The summed E-state index contributed by atoms with van der Waals surface area (Å²) >= 11 is 0. The number of para-hydroxylation sites is 1. The molecule has 0 atom stereocenters. The molecular formula is C20H24NO3P. The maximum absolute atomic E-state index is 13.0. The summed E-state index contributed by atoms with van der Waals surface area (Å²) in [5.41, 5.74) is 4.31. The monoisotopic (exact) mass is 357 g/mol. The zero-order valence-corrected chi connectivity index (χ0v) is 15.8. The van der Waals surface area contributed by atoms with Crippen molar-refractivity contribution in [2.24, 2.45) is 0 Å². The number of aromatic nitrogens is 1. The number of hydrogen-bond acceptors (Lipinski definition) is 3. The second kappa shape index (κ2) is 7.57. The standard InChI is InChI=1S/C20H24NO3P/c1-4-23-25(22,24-5-2)15-17-14-21(18-9-7-6-8-10-18)20-12-11-16(3)13-19(17)20/h6-14H,4-5,15H2,1-3H3. The van der Waals surface area contributed by atoms with E-state index >= 15 is 0 Å². The van der Waals surface area contributed by atoms with Crippen molar-refractivity contribution >= 4 is 18.5 Å². The Bertz CT molecular complexity index is 892. The van der Waals surface area contributed by atoms with Crippen molar-refractivity contribution in [3.63, 3.8) is 0 Å². The SMILES string of the molecule is CCOP(=O)(Cc1cn(-c2ccccc2)c2ccc(C)cc12)OCC. The van der Waals surface area contributed by atoms with Crippen molar-refractivity contribution in [3.8, 4) is 5.69 Å². The smallest absolute Gasteiger partial charge is 0.316 e. The van der Waals surface area contributed by atoms with E-state index in [9.17, 15) is 4.57 Å². The molecule has 0 radical (unpaired) electrons. The molecule has 0 amide bonds. The molecule has 25 heavy (non-hydrogen) atoms. The van der Waals surface area contributed by atoms with Gasteiger partial charge in [-0.2, -0.15) is 0 Å². The van der Waals surface area contributed by atoms with Crippen molar-refractivity contribution in [3.05, 3.63) is 65.9 Å². The summed E-state index contributed by atoms with van der Waals surface area (Å²) in [5, 5.41) is 1.09. The van der Waals surface area contributed by atoms with Gasteiger partial charge in [0, 0.05) is 17.3 Å². The van der Waals surface area contributed by atoms with Crippen LogP contribution in [0, 0.1) is 6.92 Å². The van der Waals surface area contributed by atoms with E-state index in [2.05, 4.69) is 41.8 Å². The van der Waals surface area contributed by atoms with Crippen molar-refractivity contribution in [2.45, 2.75) is 26.9 Å². The number of fused-ring (bicyclic) bond motifs is 1. The van der Waals surface area contributed by atoms with Crippen molar-refractivity contribution in [1.29, 1.82) is 0 Å². The summed E-state index contributed by atoms with van der Waals surface area (Å²) in [6, 6.07) is 16.5. The van der Waals surface area contributed by atoms with Gasteiger partial charge in [-0.15, -0.1) is 0 Å². The molecule has 0 bridgehead atoms. The first-order valence-electron chi connectivity index (χ1n) is 8.60. The molecule has 1 heterocycles. The second-order valence-electron chi connectivity index (χ2n) is 5.99. The highest BCUT2D eigenvalue weighted by atomic mass is 31.2. The lowest BCUT2D eigenvalue weighted by Gasteiger charge is -2.16. The summed E-state index contributed by atoms with van der Waals surface area (Å²) in [6.07, 6.45) is 2.32. The molecule has 0 spiro atoms. The molecule has 0 saturated carbocycles. The van der Waals surface area contributed by atoms with Crippen LogP contribution in [0.1, 0.15) is 25.0 Å². The predicted molar refractivity (Wildman–Crippen MR) is 103 cm³/mol. The number of aryl methyl sites for hydroxylation is 1. The molecule has 0 saturated heterocycles. The topological polar surface area (TPSA) is 40.5 Å². The van der Waals surface area contributed by atoms with Gasteiger partial charge in [-0.25, -0.2) is 0 Å². The van der Waals surface area contributed by atoms with E-state index in [-0.39, 0.29) is 6.16 Å². The highest BCUT2D eigenvalue weighted by Crippen LogP contribution is 2.52.